The van der Waals surface area contributed by atoms with E-state index in [1.165, 1.54) is 6.33 Å². The van der Waals surface area contributed by atoms with Crippen LogP contribution in [0.2, 0.25) is 0 Å². The van der Waals surface area contributed by atoms with E-state index >= 15 is 0 Å². The fourth-order valence-corrected chi connectivity index (χ4v) is 2.12. The molecule has 0 aliphatic heterocycles. The lowest BCUT2D eigenvalue weighted by atomic mass is 10.2. The van der Waals surface area contributed by atoms with Gasteiger partial charge in [-0.2, -0.15) is 0 Å². The predicted molar refractivity (Wildman–Crippen MR) is 91.2 cm³/mol. The van der Waals surface area contributed by atoms with Crippen molar-refractivity contribution >= 4 is 11.7 Å². The van der Waals surface area contributed by atoms with Gasteiger partial charge in [0.15, 0.2) is 0 Å². The smallest absolute Gasteiger partial charge is 0.270 e. The molecule has 128 valence electrons. The number of carbonyl (C=O) groups excluding carboxylic acids is 1. The van der Waals surface area contributed by atoms with E-state index < -0.39 is 0 Å². The maximum atomic E-state index is 12.0. The van der Waals surface area contributed by atoms with Crippen LogP contribution in [0, 0.1) is 0 Å². The number of amides is 1. The van der Waals surface area contributed by atoms with Gasteiger partial charge >= 0.3 is 0 Å². The lowest BCUT2D eigenvalue weighted by Crippen LogP contribution is -2.26. The van der Waals surface area contributed by atoms with E-state index in [0.29, 0.717) is 31.2 Å². The number of ether oxygens (including phenoxy) is 2. The Bertz CT molecular complexity index is 664. The molecule has 1 aromatic carbocycles. The van der Waals surface area contributed by atoms with Crippen molar-refractivity contribution in [2.45, 2.75) is 13.0 Å². The number of benzene rings is 1. The summed E-state index contributed by atoms with van der Waals surface area (Å²) >= 11 is 0. The van der Waals surface area contributed by atoms with E-state index in [1.807, 2.05) is 24.3 Å². The molecule has 1 amide bonds. The molecule has 0 aliphatic carbocycles. The van der Waals surface area contributed by atoms with Gasteiger partial charge < -0.3 is 20.1 Å². The lowest BCUT2D eigenvalue weighted by molar-refractivity contribution is 0.0943. The van der Waals surface area contributed by atoms with Gasteiger partial charge in [0.2, 0.25) is 0 Å². The lowest BCUT2D eigenvalue weighted by Gasteiger charge is -2.10. The van der Waals surface area contributed by atoms with Crippen LogP contribution in [0.4, 0.5) is 5.82 Å². The average molecular weight is 330 g/mol. The molecule has 2 N–H and O–H groups in total. The van der Waals surface area contributed by atoms with Gasteiger partial charge in [0.25, 0.3) is 5.91 Å². The first-order valence-corrected chi connectivity index (χ1v) is 7.69. The van der Waals surface area contributed by atoms with E-state index in [2.05, 4.69) is 20.6 Å². The number of hydrogen-bond donors (Lipinski definition) is 2. The molecule has 7 nitrogen and oxygen atoms in total. The fraction of sp³-hybridized carbons (Fsp3) is 0.353. The molecule has 0 radical (unpaired) electrons. The molecule has 0 saturated carbocycles. The number of nitrogens with zero attached hydrogens (tertiary/aromatic N) is 2. The summed E-state index contributed by atoms with van der Waals surface area (Å²) in [5.41, 5.74) is 1.33. The summed E-state index contributed by atoms with van der Waals surface area (Å²) in [5, 5.41) is 5.97. The molecular weight excluding hydrogens is 308 g/mol. The molecule has 0 bridgehead atoms. The van der Waals surface area contributed by atoms with E-state index in [-0.39, 0.29) is 5.91 Å². The minimum Gasteiger partial charge on any atom is -0.496 e. The Morgan fingerprint density at radius 1 is 1.21 bits per heavy atom. The van der Waals surface area contributed by atoms with Crippen molar-refractivity contribution in [2.75, 3.05) is 32.7 Å². The molecule has 0 fully saturated rings. The molecular formula is C17H22N4O3. The van der Waals surface area contributed by atoms with Crippen LogP contribution in [-0.2, 0) is 11.3 Å². The number of anilines is 1. The largest absolute Gasteiger partial charge is 0.496 e. The summed E-state index contributed by atoms with van der Waals surface area (Å²) in [4.78, 5) is 20.2. The third-order valence-electron chi connectivity index (χ3n) is 3.36. The number of aromatic nitrogens is 2. The molecule has 24 heavy (non-hydrogen) atoms. The summed E-state index contributed by atoms with van der Waals surface area (Å²) in [6.45, 7) is 1.69. The Morgan fingerprint density at radius 2 is 2.04 bits per heavy atom. The van der Waals surface area contributed by atoms with Crippen molar-refractivity contribution in [3.63, 3.8) is 0 Å². The molecule has 7 heteroatoms. The maximum Gasteiger partial charge on any atom is 0.270 e. The van der Waals surface area contributed by atoms with Gasteiger partial charge in [-0.25, -0.2) is 9.97 Å². The van der Waals surface area contributed by atoms with E-state index in [4.69, 9.17) is 9.47 Å². The van der Waals surface area contributed by atoms with Crippen LogP contribution in [0.5, 0.6) is 5.75 Å². The van der Waals surface area contributed by atoms with Crippen LogP contribution in [0.3, 0.4) is 0 Å². The molecule has 0 unspecified atom stereocenters. The Labute approximate surface area is 141 Å². The van der Waals surface area contributed by atoms with Gasteiger partial charge in [-0.15, -0.1) is 0 Å². The highest BCUT2D eigenvalue weighted by Gasteiger charge is 2.08. The summed E-state index contributed by atoms with van der Waals surface area (Å²) < 4.78 is 10.3. The first-order valence-electron chi connectivity index (χ1n) is 7.69. The van der Waals surface area contributed by atoms with Crippen molar-refractivity contribution in [3.8, 4) is 5.75 Å². The average Bonchev–Trinajstić information content (AvgIpc) is 2.64. The Kier molecular flexibility index (Phi) is 6.97. The Balaban J connectivity index is 1.93. The van der Waals surface area contributed by atoms with Crippen LogP contribution in [0.25, 0.3) is 0 Å². The third kappa shape index (κ3) is 5.20. The quantitative estimate of drug-likeness (QED) is 0.683. The van der Waals surface area contributed by atoms with Crippen molar-refractivity contribution in [1.29, 1.82) is 0 Å². The maximum absolute atomic E-state index is 12.0. The van der Waals surface area contributed by atoms with E-state index in [9.17, 15) is 4.79 Å². The molecule has 0 saturated heterocycles. The van der Waals surface area contributed by atoms with Crippen molar-refractivity contribution in [2.24, 2.45) is 0 Å². The number of methoxy groups -OCH3 is 2. The van der Waals surface area contributed by atoms with Gasteiger partial charge in [0.05, 0.1) is 7.11 Å². The highest BCUT2D eigenvalue weighted by Crippen LogP contribution is 2.18. The van der Waals surface area contributed by atoms with E-state index in [0.717, 1.165) is 17.7 Å². The van der Waals surface area contributed by atoms with Gasteiger partial charge in [-0.05, 0) is 12.5 Å². The number of carbonyl (C=O) groups is 1. The molecule has 1 aromatic heterocycles. The summed E-state index contributed by atoms with van der Waals surface area (Å²) in [7, 11) is 3.27. The number of nitrogens with one attached hydrogen (secondary N) is 2. The molecule has 0 spiro atoms. The monoisotopic (exact) mass is 330 g/mol. The minimum absolute atomic E-state index is 0.228. The van der Waals surface area contributed by atoms with Gasteiger partial charge in [-0.3, -0.25) is 4.79 Å². The Morgan fingerprint density at radius 3 is 2.83 bits per heavy atom. The van der Waals surface area contributed by atoms with Gasteiger partial charge in [0, 0.05) is 38.4 Å². The van der Waals surface area contributed by atoms with Crippen LogP contribution < -0.4 is 15.4 Å². The number of hydrogen-bond acceptors (Lipinski definition) is 6. The summed E-state index contributed by atoms with van der Waals surface area (Å²) in [6, 6.07) is 9.35. The standard InChI is InChI=1S/C17H22N4O3/c1-23-9-5-8-18-17(22)14-10-16(21-12-20-14)19-11-13-6-3-4-7-15(13)24-2/h3-4,6-7,10,12H,5,8-9,11H2,1-2H3,(H,18,22)(H,19,20,21). The highest BCUT2D eigenvalue weighted by molar-refractivity contribution is 5.92. The zero-order valence-electron chi connectivity index (χ0n) is 13.9. The second-order valence-corrected chi connectivity index (χ2v) is 5.06. The van der Waals surface area contributed by atoms with Crippen molar-refractivity contribution < 1.29 is 14.3 Å². The zero-order chi connectivity index (χ0) is 17.2. The molecule has 1 heterocycles. The SMILES string of the molecule is COCCCNC(=O)c1cc(NCc2ccccc2OC)ncn1. The Hall–Kier alpha value is -2.67. The predicted octanol–water partition coefficient (Wildman–Crippen LogP) is 1.86. The topological polar surface area (TPSA) is 85.4 Å². The molecule has 2 rings (SSSR count). The van der Waals surface area contributed by atoms with Crippen LogP contribution in [0.1, 0.15) is 22.5 Å². The number of rotatable bonds is 9. The minimum atomic E-state index is -0.228. The fourth-order valence-electron chi connectivity index (χ4n) is 2.12. The second kappa shape index (κ2) is 9.46. The van der Waals surface area contributed by atoms with Gasteiger partial charge in [-0.1, -0.05) is 18.2 Å². The van der Waals surface area contributed by atoms with Gasteiger partial charge in [0.1, 0.15) is 23.6 Å². The number of para-hydroxylation sites is 1. The highest BCUT2D eigenvalue weighted by atomic mass is 16.5. The first kappa shape index (κ1) is 17.7. The van der Waals surface area contributed by atoms with E-state index in [1.54, 1.807) is 20.3 Å². The molecule has 2 aromatic rings. The summed E-state index contributed by atoms with van der Waals surface area (Å²) in [5.74, 6) is 1.15. The van der Waals surface area contributed by atoms with Crippen LogP contribution >= 0.6 is 0 Å². The van der Waals surface area contributed by atoms with Crippen LogP contribution in [0.15, 0.2) is 36.7 Å². The first-order chi connectivity index (χ1) is 11.7. The second-order valence-electron chi connectivity index (χ2n) is 5.06. The zero-order valence-corrected chi connectivity index (χ0v) is 13.9. The van der Waals surface area contributed by atoms with Crippen molar-refractivity contribution in [3.05, 3.63) is 47.9 Å². The molecule has 0 atom stereocenters. The third-order valence-corrected chi connectivity index (χ3v) is 3.36. The molecule has 0 aliphatic rings. The van der Waals surface area contributed by atoms with Crippen LogP contribution in [-0.4, -0.2) is 43.2 Å². The summed E-state index contributed by atoms with van der Waals surface area (Å²) in [6.07, 6.45) is 2.13. The van der Waals surface area contributed by atoms with Crippen molar-refractivity contribution in [1.82, 2.24) is 15.3 Å². The normalized spacial score (nSPS) is 10.2.